The van der Waals surface area contributed by atoms with Gasteiger partial charge in [0.2, 0.25) is 5.91 Å². The highest BCUT2D eigenvalue weighted by Gasteiger charge is 2.48. The molecular weight excluding hydrogens is 182 g/mol. The normalized spacial score (nSPS) is 24.9. The molecule has 0 saturated heterocycles. The summed E-state index contributed by atoms with van der Waals surface area (Å²) in [6.45, 7) is 2.51. The molecule has 2 atom stereocenters. The third kappa shape index (κ3) is 2.87. The van der Waals surface area contributed by atoms with E-state index >= 15 is 0 Å². The Balaban J connectivity index is 2.15. The number of carboxylic acids is 1. The van der Waals surface area contributed by atoms with Crippen LogP contribution in [0.25, 0.3) is 0 Å². The summed E-state index contributed by atoms with van der Waals surface area (Å²) in [5.74, 6) is -1.73. The molecule has 4 heteroatoms. The van der Waals surface area contributed by atoms with Crippen molar-refractivity contribution in [3.05, 3.63) is 12.2 Å². The molecule has 1 amide bonds. The summed E-state index contributed by atoms with van der Waals surface area (Å²) in [7, 11) is 0. The van der Waals surface area contributed by atoms with Gasteiger partial charge in [-0.2, -0.15) is 0 Å². The van der Waals surface area contributed by atoms with Gasteiger partial charge in [0.05, 0.1) is 11.8 Å². The molecule has 1 saturated carbocycles. The molecular formula is C10H15NO3. The van der Waals surface area contributed by atoms with E-state index in [1.807, 2.05) is 19.1 Å². The first-order chi connectivity index (χ1) is 6.66. The second-order valence-electron chi connectivity index (χ2n) is 3.44. The molecule has 1 fully saturated rings. The fourth-order valence-corrected chi connectivity index (χ4v) is 1.33. The lowest BCUT2D eigenvalue weighted by Crippen LogP contribution is -2.27. The molecule has 1 aliphatic carbocycles. The molecule has 0 aliphatic heterocycles. The molecule has 0 aromatic carbocycles. The summed E-state index contributed by atoms with van der Waals surface area (Å²) in [4.78, 5) is 21.7. The number of hydrogen-bond acceptors (Lipinski definition) is 2. The van der Waals surface area contributed by atoms with Crippen LogP contribution in [0.2, 0.25) is 0 Å². The van der Waals surface area contributed by atoms with Gasteiger partial charge in [0.15, 0.2) is 0 Å². The van der Waals surface area contributed by atoms with Gasteiger partial charge in [0, 0.05) is 6.54 Å². The molecule has 78 valence electrons. The third-order valence-electron chi connectivity index (χ3n) is 2.29. The Morgan fingerprint density at radius 2 is 2.21 bits per heavy atom. The van der Waals surface area contributed by atoms with E-state index in [-0.39, 0.29) is 11.8 Å². The molecule has 0 aromatic heterocycles. The Morgan fingerprint density at radius 1 is 1.50 bits per heavy atom. The van der Waals surface area contributed by atoms with Gasteiger partial charge in [-0.3, -0.25) is 9.59 Å². The van der Waals surface area contributed by atoms with Crippen LogP contribution >= 0.6 is 0 Å². The minimum Gasteiger partial charge on any atom is -0.481 e. The van der Waals surface area contributed by atoms with Gasteiger partial charge in [-0.25, -0.2) is 0 Å². The number of carboxylic acid groups (broad SMARTS) is 1. The second kappa shape index (κ2) is 4.79. The first kappa shape index (κ1) is 10.8. The average Bonchev–Trinajstić information content (AvgIpc) is 2.91. The Kier molecular flexibility index (Phi) is 3.68. The van der Waals surface area contributed by atoms with E-state index in [0.29, 0.717) is 13.0 Å². The number of carbonyl (C=O) groups excluding carboxylic acids is 1. The maximum absolute atomic E-state index is 11.3. The smallest absolute Gasteiger partial charge is 0.307 e. The van der Waals surface area contributed by atoms with E-state index in [1.54, 1.807) is 0 Å². The van der Waals surface area contributed by atoms with Gasteiger partial charge in [0.1, 0.15) is 0 Å². The zero-order valence-electron chi connectivity index (χ0n) is 8.19. The summed E-state index contributed by atoms with van der Waals surface area (Å²) in [6, 6.07) is 0. The highest BCUT2D eigenvalue weighted by molar-refractivity contribution is 5.89. The van der Waals surface area contributed by atoms with E-state index in [9.17, 15) is 9.59 Å². The molecule has 1 aliphatic rings. The fourth-order valence-electron chi connectivity index (χ4n) is 1.33. The summed E-state index contributed by atoms with van der Waals surface area (Å²) in [5.41, 5.74) is 0. The quantitative estimate of drug-likeness (QED) is 0.506. The predicted molar refractivity (Wildman–Crippen MR) is 51.7 cm³/mol. The molecule has 0 aromatic rings. The van der Waals surface area contributed by atoms with Crippen LogP contribution in [0.5, 0.6) is 0 Å². The minimum atomic E-state index is -0.862. The van der Waals surface area contributed by atoms with Crippen molar-refractivity contribution in [3.8, 4) is 0 Å². The van der Waals surface area contributed by atoms with Crippen LogP contribution in [0.1, 0.15) is 19.8 Å². The first-order valence-corrected chi connectivity index (χ1v) is 4.78. The highest BCUT2D eigenvalue weighted by Crippen LogP contribution is 2.38. The average molecular weight is 197 g/mol. The third-order valence-corrected chi connectivity index (χ3v) is 2.29. The van der Waals surface area contributed by atoms with Crippen LogP contribution in [-0.4, -0.2) is 23.5 Å². The van der Waals surface area contributed by atoms with Gasteiger partial charge in [-0.15, -0.1) is 0 Å². The summed E-state index contributed by atoms with van der Waals surface area (Å²) in [5, 5.41) is 11.3. The van der Waals surface area contributed by atoms with Crippen molar-refractivity contribution in [2.75, 3.05) is 6.54 Å². The number of amides is 1. The SMILES string of the molecule is C/C=C/CCNC(=O)C1CC1C(=O)O. The van der Waals surface area contributed by atoms with Crippen molar-refractivity contribution in [3.63, 3.8) is 0 Å². The van der Waals surface area contributed by atoms with Gasteiger partial charge in [-0.05, 0) is 19.8 Å². The van der Waals surface area contributed by atoms with Crippen LogP contribution in [0.3, 0.4) is 0 Å². The summed E-state index contributed by atoms with van der Waals surface area (Å²) < 4.78 is 0. The van der Waals surface area contributed by atoms with Crippen molar-refractivity contribution in [1.29, 1.82) is 0 Å². The van der Waals surface area contributed by atoms with Crippen LogP contribution in [0.4, 0.5) is 0 Å². The van der Waals surface area contributed by atoms with Crippen LogP contribution in [0.15, 0.2) is 12.2 Å². The molecule has 0 bridgehead atoms. The van der Waals surface area contributed by atoms with Crippen LogP contribution in [-0.2, 0) is 9.59 Å². The highest BCUT2D eigenvalue weighted by atomic mass is 16.4. The fraction of sp³-hybridized carbons (Fsp3) is 0.600. The molecule has 0 heterocycles. The molecule has 2 unspecified atom stereocenters. The van der Waals surface area contributed by atoms with Gasteiger partial charge in [0.25, 0.3) is 0 Å². The van der Waals surface area contributed by atoms with Gasteiger partial charge < -0.3 is 10.4 Å². The zero-order chi connectivity index (χ0) is 10.6. The lowest BCUT2D eigenvalue weighted by molar-refractivity contribution is -0.140. The molecule has 14 heavy (non-hydrogen) atoms. The maximum Gasteiger partial charge on any atom is 0.307 e. The number of allylic oxidation sites excluding steroid dienone is 1. The maximum atomic E-state index is 11.3. The molecule has 2 N–H and O–H groups in total. The first-order valence-electron chi connectivity index (χ1n) is 4.78. The van der Waals surface area contributed by atoms with E-state index in [2.05, 4.69) is 5.32 Å². The van der Waals surface area contributed by atoms with Crippen molar-refractivity contribution in [1.82, 2.24) is 5.32 Å². The number of aliphatic carboxylic acids is 1. The lowest BCUT2D eigenvalue weighted by atomic mass is 10.3. The molecule has 4 nitrogen and oxygen atoms in total. The Bertz CT molecular complexity index is 260. The van der Waals surface area contributed by atoms with Crippen molar-refractivity contribution in [2.24, 2.45) is 11.8 Å². The number of hydrogen-bond donors (Lipinski definition) is 2. The topological polar surface area (TPSA) is 66.4 Å². The second-order valence-corrected chi connectivity index (χ2v) is 3.44. The van der Waals surface area contributed by atoms with Crippen molar-refractivity contribution < 1.29 is 14.7 Å². The zero-order valence-corrected chi connectivity index (χ0v) is 8.19. The van der Waals surface area contributed by atoms with E-state index in [0.717, 1.165) is 6.42 Å². The monoisotopic (exact) mass is 197 g/mol. The Morgan fingerprint density at radius 3 is 2.71 bits per heavy atom. The number of nitrogens with one attached hydrogen (secondary N) is 1. The van der Waals surface area contributed by atoms with Gasteiger partial charge >= 0.3 is 5.97 Å². The van der Waals surface area contributed by atoms with E-state index in [4.69, 9.17) is 5.11 Å². The molecule has 0 spiro atoms. The van der Waals surface area contributed by atoms with Gasteiger partial charge in [-0.1, -0.05) is 12.2 Å². The van der Waals surface area contributed by atoms with Crippen LogP contribution in [0, 0.1) is 11.8 Å². The molecule has 1 rings (SSSR count). The van der Waals surface area contributed by atoms with E-state index < -0.39 is 11.9 Å². The molecule has 0 radical (unpaired) electrons. The van der Waals surface area contributed by atoms with Crippen LogP contribution < -0.4 is 5.32 Å². The van der Waals surface area contributed by atoms with Crippen molar-refractivity contribution >= 4 is 11.9 Å². The largest absolute Gasteiger partial charge is 0.481 e. The van der Waals surface area contributed by atoms with E-state index in [1.165, 1.54) is 0 Å². The lowest BCUT2D eigenvalue weighted by Gasteiger charge is -2.00. The van der Waals surface area contributed by atoms with Crippen molar-refractivity contribution in [2.45, 2.75) is 19.8 Å². The number of carbonyl (C=O) groups is 2. The number of rotatable bonds is 5. The Hall–Kier alpha value is -1.32. The minimum absolute atomic E-state index is 0.123. The summed E-state index contributed by atoms with van der Waals surface area (Å²) in [6.07, 6.45) is 5.17. The summed E-state index contributed by atoms with van der Waals surface area (Å²) >= 11 is 0. The Labute approximate surface area is 83.0 Å². The predicted octanol–water partition coefficient (Wildman–Crippen LogP) is 0.790. The standard InChI is InChI=1S/C10H15NO3/c1-2-3-4-5-11-9(12)7-6-8(7)10(13)14/h2-3,7-8H,4-6H2,1H3,(H,11,12)(H,13,14)/b3-2+.